The highest BCUT2D eigenvalue weighted by Gasteiger charge is 2.22. The first-order valence-electron chi connectivity index (χ1n) is 12.7. The van der Waals surface area contributed by atoms with Gasteiger partial charge in [0.05, 0.1) is 0 Å². The molecule has 0 heteroatoms. The molecule has 0 N–H and O–H groups in total. The molecule has 0 saturated heterocycles. The molecule has 10 rings (SSSR count). The van der Waals surface area contributed by atoms with Crippen molar-refractivity contribution in [3.63, 3.8) is 0 Å². The van der Waals surface area contributed by atoms with Crippen molar-refractivity contribution >= 4 is 97.0 Å². The first-order valence-corrected chi connectivity index (χ1v) is 12.7. The molecule has 0 atom stereocenters. The lowest BCUT2D eigenvalue weighted by Crippen LogP contribution is -1.93. The van der Waals surface area contributed by atoms with Crippen LogP contribution in [0.1, 0.15) is 0 Å². The van der Waals surface area contributed by atoms with E-state index in [0.717, 1.165) is 0 Å². The fraction of sp³-hybridized carbons (Fsp3) is 0. The van der Waals surface area contributed by atoms with Gasteiger partial charge in [0.15, 0.2) is 0 Å². The van der Waals surface area contributed by atoms with Crippen molar-refractivity contribution in [3.05, 3.63) is 109 Å². The van der Waals surface area contributed by atoms with E-state index in [9.17, 15) is 0 Å². The highest BCUT2D eigenvalue weighted by atomic mass is 14.2. The van der Waals surface area contributed by atoms with E-state index >= 15 is 0 Å². The largest absolute Gasteiger partial charge is 0.0616 e. The van der Waals surface area contributed by atoms with Gasteiger partial charge in [0.25, 0.3) is 0 Å². The molecule has 0 aliphatic heterocycles. The third-order valence-electron chi connectivity index (χ3n) is 8.84. The maximum absolute atomic E-state index is 2.40. The van der Waals surface area contributed by atoms with E-state index in [0.29, 0.717) is 0 Å². The van der Waals surface area contributed by atoms with Gasteiger partial charge in [-0.15, -0.1) is 0 Å². The van der Waals surface area contributed by atoms with Crippen molar-refractivity contribution in [1.82, 2.24) is 0 Å². The third-order valence-corrected chi connectivity index (χ3v) is 8.84. The van der Waals surface area contributed by atoms with E-state index in [-0.39, 0.29) is 0 Å². The molecule has 0 aliphatic rings. The lowest BCUT2D eigenvalue weighted by Gasteiger charge is -2.22. The molecule has 162 valence electrons. The van der Waals surface area contributed by atoms with E-state index in [1.807, 2.05) is 0 Å². The van der Waals surface area contributed by atoms with Crippen LogP contribution in [0.3, 0.4) is 0 Å². The van der Waals surface area contributed by atoms with E-state index in [4.69, 9.17) is 0 Å². The summed E-state index contributed by atoms with van der Waals surface area (Å²) in [6.45, 7) is 0. The van der Waals surface area contributed by atoms with Gasteiger partial charge in [-0.05, 0) is 103 Å². The zero-order chi connectivity index (χ0) is 23.1. The van der Waals surface area contributed by atoms with E-state index in [1.54, 1.807) is 0 Å². The predicted molar refractivity (Wildman–Crippen MR) is 158 cm³/mol. The van der Waals surface area contributed by atoms with Crippen LogP contribution in [0.15, 0.2) is 109 Å². The molecule has 10 aromatic carbocycles. The second-order valence-electron chi connectivity index (χ2n) is 10.4. The van der Waals surface area contributed by atoms with E-state index in [1.165, 1.54) is 97.0 Å². The summed E-state index contributed by atoms with van der Waals surface area (Å²) in [5.41, 5.74) is 0. The summed E-state index contributed by atoms with van der Waals surface area (Å²) in [7, 11) is 0. The lowest BCUT2D eigenvalue weighted by atomic mass is 9.81. The minimum Gasteiger partial charge on any atom is -0.0616 e. The van der Waals surface area contributed by atoms with Crippen molar-refractivity contribution in [3.8, 4) is 0 Å². The Morgan fingerprint density at radius 2 is 0.694 bits per heavy atom. The highest BCUT2D eigenvalue weighted by Crippen LogP contribution is 2.50. The second kappa shape index (κ2) is 5.75. The number of hydrogen-bond donors (Lipinski definition) is 0. The Hall–Kier alpha value is -4.68. The van der Waals surface area contributed by atoms with Crippen LogP contribution in [-0.2, 0) is 0 Å². The minimum absolute atomic E-state index is 1.31. The lowest BCUT2D eigenvalue weighted by molar-refractivity contribution is 1.80. The Bertz CT molecular complexity index is 2510. The average Bonchev–Trinajstić information content (AvgIpc) is 2.94. The van der Waals surface area contributed by atoms with Gasteiger partial charge in [-0.1, -0.05) is 103 Å². The first kappa shape index (κ1) is 17.7. The number of benzene rings is 10. The van der Waals surface area contributed by atoms with Crippen LogP contribution in [0, 0.1) is 0 Å². The fourth-order valence-corrected chi connectivity index (χ4v) is 7.45. The van der Waals surface area contributed by atoms with Crippen molar-refractivity contribution in [1.29, 1.82) is 0 Å². The van der Waals surface area contributed by atoms with Crippen molar-refractivity contribution in [2.24, 2.45) is 0 Å². The Labute approximate surface area is 206 Å². The Balaban J connectivity index is 1.63. The van der Waals surface area contributed by atoms with Crippen LogP contribution >= 0.6 is 0 Å². The summed E-state index contributed by atoms with van der Waals surface area (Å²) in [6.07, 6.45) is 0. The summed E-state index contributed by atoms with van der Waals surface area (Å²) in [5.74, 6) is 0. The molecule has 0 radical (unpaired) electrons. The van der Waals surface area contributed by atoms with Gasteiger partial charge in [0, 0.05) is 0 Å². The molecule has 36 heavy (non-hydrogen) atoms. The van der Waals surface area contributed by atoms with Crippen LogP contribution in [0.2, 0.25) is 0 Å². The van der Waals surface area contributed by atoms with Gasteiger partial charge in [0.1, 0.15) is 0 Å². The zero-order valence-corrected chi connectivity index (χ0v) is 19.4. The Morgan fingerprint density at radius 1 is 0.222 bits per heavy atom. The number of fused-ring (bicyclic) bond motifs is 5. The van der Waals surface area contributed by atoms with Crippen molar-refractivity contribution in [2.75, 3.05) is 0 Å². The molecule has 0 amide bonds. The van der Waals surface area contributed by atoms with Crippen LogP contribution in [0.25, 0.3) is 97.0 Å². The molecule has 10 aromatic rings. The molecule has 0 bridgehead atoms. The monoisotopic (exact) mass is 450 g/mol. The topological polar surface area (TPSA) is 0 Å². The van der Waals surface area contributed by atoms with E-state index < -0.39 is 0 Å². The van der Waals surface area contributed by atoms with Crippen LogP contribution in [0.5, 0.6) is 0 Å². The highest BCUT2D eigenvalue weighted by molar-refractivity contribution is 6.48. The van der Waals surface area contributed by atoms with Gasteiger partial charge < -0.3 is 0 Å². The Morgan fingerprint density at radius 3 is 1.56 bits per heavy atom. The number of hydrogen-bond acceptors (Lipinski definition) is 0. The molecule has 0 aromatic heterocycles. The Kier molecular flexibility index (Phi) is 2.83. The summed E-state index contributed by atoms with van der Waals surface area (Å²) in [6, 6.07) is 41.4. The molecule has 0 nitrogen and oxygen atoms in total. The molecule has 0 aliphatic carbocycles. The normalized spacial score (nSPS) is 13.0. The first-order chi connectivity index (χ1) is 17.9. The quantitative estimate of drug-likeness (QED) is 0.159. The fourth-order valence-electron chi connectivity index (χ4n) is 7.45. The maximum atomic E-state index is 2.40. The molecule has 0 fully saturated rings. The molecule has 0 spiro atoms. The maximum Gasteiger partial charge on any atom is -0.000762 e. The number of rotatable bonds is 0. The molecule has 0 heterocycles. The second-order valence-corrected chi connectivity index (χ2v) is 10.4. The molecule has 0 saturated carbocycles. The predicted octanol–water partition coefficient (Wildman–Crippen LogP) is 10.4. The van der Waals surface area contributed by atoms with E-state index in [2.05, 4.69) is 109 Å². The molecular weight excluding hydrogens is 432 g/mol. The van der Waals surface area contributed by atoms with Crippen LogP contribution < -0.4 is 0 Å². The minimum atomic E-state index is 1.31. The SMILES string of the molecule is c1ccc2c(c1)cc1ccc3c4ccc5ccc6ccc7cccc8c7c6c5c4c8c4ccc2c1c34. The zero-order valence-electron chi connectivity index (χ0n) is 19.4. The van der Waals surface area contributed by atoms with Gasteiger partial charge in [-0.25, -0.2) is 0 Å². The standard InChI is InChI=1S/C36H18/c1-2-6-24-22(4-1)18-23-13-15-26-27-14-12-21-11-10-20-9-8-19-5-3-7-28-30(19)32(20)33(21)36(27)35(28)29-17-16-25(24)31(23)34(26)29/h1-18H. The van der Waals surface area contributed by atoms with Crippen molar-refractivity contribution < 1.29 is 0 Å². The van der Waals surface area contributed by atoms with Gasteiger partial charge in [-0.2, -0.15) is 0 Å². The van der Waals surface area contributed by atoms with Gasteiger partial charge in [-0.3, -0.25) is 0 Å². The average molecular weight is 451 g/mol. The van der Waals surface area contributed by atoms with Gasteiger partial charge >= 0.3 is 0 Å². The summed E-state index contributed by atoms with van der Waals surface area (Å²) < 4.78 is 0. The summed E-state index contributed by atoms with van der Waals surface area (Å²) in [4.78, 5) is 0. The van der Waals surface area contributed by atoms with Crippen molar-refractivity contribution in [2.45, 2.75) is 0 Å². The third kappa shape index (κ3) is 1.83. The molecule has 0 unspecified atom stereocenters. The molecular formula is C36H18. The van der Waals surface area contributed by atoms with Crippen LogP contribution in [-0.4, -0.2) is 0 Å². The summed E-state index contributed by atoms with van der Waals surface area (Å²) >= 11 is 0. The summed E-state index contributed by atoms with van der Waals surface area (Å²) in [5, 5.41) is 24.6. The van der Waals surface area contributed by atoms with Crippen LogP contribution in [0.4, 0.5) is 0 Å². The smallest absolute Gasteiger partial charge is 0.000762 e. The van der Waals surface area contributed by atoms with Gasteiger partial charge in [0.2, 0.25) is 0 Å².